The Morgan fingerprint density at radius 3 is 2.81 bits per heavy atom. The number of rotatable bonds is 2. The normalized spacial score (nSPS) is 21.9. The summed E-state index contributed by atoms with van der Waals surface area (Å²) in [5.74, 6) is 0.621. The van der Waals surface area contributed by atoms with Crippen LogP contribution in [0.4, 0.5) is 5.82 Å². The van der Waals surface area contributed by atoms with E-state index >= 15 is 0 Å². The van der Waals surface area contributed by atoms with E-state index < -0.39 is 0 Å². The zero-order valence-electron chi connectivity index (χ0n) is 10.4. The van der Waals surface area contributed by atoms with E-state index in [1.165, 1.54) is 24.9 Å². The molecule has 88 valence electrons. The Morgan fingerprint density at radius 2 is 2.19 bits per heavy atom. The van der Waals surface area contributed by atoms with Crippen molar-refractivity contribution in [3.63, 3.8) is 0 Å². The van der Waals surface area contributed by atoms with E-state index in [1.54, 1.807) is 0 Å². The van der Waals surface area contributed by atoms with Crippen LogP contribution in [0.25, 0.3) is 0 Å². The molecule has 3 nitrogen and oxygen atoms in total. The Balaban J connectivity index is 2.29. The van der Waals surface area contributed by atoms with Crippen LogP contribution in [-0.2, 0) is 0 Å². The van der Waals surface area contributed by atoms with Crippen LogP contribution < -0.4 is 5.73 Å². The van der Waals surface area contributed by atoms with Gasteiger partial charge in [0, 0.05) is 17.8 Å². The van der Waals surface area contributed by atoms with Crippen LogP contribution in [0.1, 0.15) is 44.0 Å². The second kappa shape index (κ2) is 4.42. The summed E-state index contributed by atoms with van der Waals surface area (Å²) in [6.07, 6.45) is 2.53. The molecule has 0 aromatic carbocycles. The lowest BCUT2D eigenvalue weighted by Gasteiger charge is -2.29. The third-order valence-electron chi connectivity index (χ3n) is 3.46. The van der Waals surface area contributed by atoms with Gasteiger partial charge in [0.25, 0.3) is 0 Å². The van der Waals surface area contributed by atoms with Gasteiger partial charge in [0.05, 0.1) is 0 Å². The number of pyridine rings is 1. The van der Waals surface area contributed by atoms with Gasteiger partial charge in [-0.15, -0.1) is 0 Å². The Kier molecular flexibility index (Phi) is 3.15. The van der Waals surface area contributed by atoms with Crippen molar-refractivity contribution in [1.82, 2.24) is 9.88 Å². The van der Waals surface area contributed by atoms with Crippen LogP contribution in [-0.4, -0.2) is 22.5 Å². The lowest BCUT2D eigenvalue weighted by atomic mass is 10.0. The minimum atomic E-state index is 0.535. The molecule has 16 heavy (non-hydrogen) atoms. The lowest BCUT2D eigenvalue weighted by Crippen LogP contribution is -2.30. The van der Waals surface area contributed by atoms with E-state index in [2.05, 4.69) is 36.7 Å². The molecule has 1 fully saturated rings. The fourth-order valence-electron chi connectivity index (χ4n) is 2.68. The largest absolute Gasteiger partial charge is 0.384 e. The van der Waals surface area contributed by atoms with Gasteiger partial charge < -0.3 is 5.73 Å². The maximum absolute atomic E-state index is 5.70. The summed E-state index contributed by atoms with van der Waals surface area (Å²) in [5, 5.41) is 0. The molecule has 2 rings (SSSR count). The number of likely N-dealkylation sites (tertiary alicyclic amines) is 1. The Hall–Kier alpha value is -1.09. The SMILES string of the molecule is Cc1nc(N)ccc1C1CCCN1C(C)C. The van der Waals surface area contributed by atoms with Crippen molar-refractivity contribution in [3.05, 3.63) is 23.4 Å². The smallest absolute Gasteiger partial charge is 0.123 e. The summed E-state index contributed by atoms with van der Waals surface area (Å²) in [6, 6.07) is 5.19. The zero-order chi connectivity index (χ0) is 11.7. The predicted molar refractivity (Wildman–Crippen MR) is 67.2 cm³/mol. The third-order valence-corrected chi connectivity index (χ3v) is 3.46. The van der Waals surface area contributed by atoms with Gasteiger partial charge in [-0.2, -0.15) is 0 Å². The minimum absolute atomic E-state index is 0.535. The topological polar surface area (TPSA) is 42.1 Å². The average Bonchev–Trinajstić information content (AvgIpc) is 2.66. The van der Waals surface area contributed by atoms with Crippen LogP contribution in [0.3, 0.4) is 0 Å². The molecule has 1 aromatic heterocycles. The standard InChI is InChI=1S/C13H21N3/c1-9(2)16-8-4-5-12(16)11-6-7-13(14)15-10(11)3/h6-7,9,12H,4-5,8H2,1-3H3,(H2,14,15). The van der Waals surface area contributed by atoms with E-state index in [9.17, 15) is 0 Å². The summed E-state index contributed by atoms with van der Waals surface area (Å²) in [7, 11) is 0. The van der Waals surface area contributed by atoms with Gasteiger partial charge in [-0.05, 0) is 51.8 Å². The summed E-state index contributed by atoms with van der Waals surface area (Å²) in [6.45, 7) is 7.78. The number of hydrogen-bond donors (Lipinski definition) is 1. The van der Waals surface area contributed by atoms with E-state index in [-0.39, 0.29) is 0 Å². The highest BCUT2D eigenvalue weighted by Gasteiger charge is 2.28. The minimum Gasteiger partial charge on any atom is -0.384 e. The second-order valence-electron chi connectivity index (χ2n) is 4.90. The molecule has 2 heterocycles. The Bertz CT molecular complexity index is 373. The van der Waals surface area contributed by atoms with E-state index in [4.69, 9.17) is 5.73 Å². The fraction of sp³-hybridized carbons (Fsp3) is 0.615. The van der Waals surface area contributed by atoms with Gasteiger partial charge in [-0.1, -0.05) is 6.07 Å². The van der Waals surface area contributed by atoms with Crippen LogP contribution in [0, 0.1) is 6.92 Å². The zero-order valence-corrected chi connectivity index (χ0v) is 10.4. The maximum Gasteiger partial charge on any atom is 0.123 e. The number of nitrogens with zero attached hydrogens (tertiary/aromatic N) is 2. The second-order valence-corrected chi connectivity index (χ2v) is 4.90. The Morgan fingerprint density at radius 1 is 1.44 bits per heavy atom. The van der Waals surface area contributed by atoms with Crippen molar-refractivity contribution in [3.8, 4) is 0 Å². The number of aromatic nitrogens is 1. The summed E-state index contributed by atoms with van der Waals surface area (Å²) < 4.78 is 0. The molecular formula is C13H21N3. The van der Waals surface area contributed by atoms with Crippen LogP contribution in [0.15, 0.2) is 12.1 Å². The molecule has 0 amide bonds. The van der Waals surface area contributed by atoms with Gasteiger partial charge in [0.1, 0.15) is 5.82 Å². The number of hydrogen-bond acceptors (Lipinski definition) is 3. The highest BCUT2D eigenvalue weighted by Crippen LogP contribution is 2.34. The van der Waals surface area contributed by atoms with Crippen LogP contribution >= 0.6 is 0 Å². The van der Waals surface area contributed by atoms with Gasteiger partial charge in [0.2, 0.25) is 0 Å². The van der Waals surface area contributed by atoms with Gasteiger partial charge in [-0.3, -0.25) is 4.90 Å². The lowest BCUT2D eigenvalue weighted by molar-refractivity contribution is 0.204. The molecule has 1 saturated heterocycles. The summed E-state index contributed by atoms with van der Waals surface area (Å²) in [4.78, 5) is 6.92. The first kappa shape index (κ1) is 11.4. The van der Waals surface area contributed by atoms with Gasteiger partial charge in [-0.25, -0.2) is 4.98 Å². The highest BCUT2D eigenvalue weighted by molar-refractivity contribution is 5.35. The summed E-state index contributed by atoms with van der Waals surface area (Å²) >= 11 is 0. The maximum atomic E-state index is 5.70. The molecule has 1 unspecified atom stereocenters. The van der Waals surface area contributed by atoms with Gasteiger partial charge >= 0.3 is 0 Å². The van der Waals surface area contributed by atoms with Crippen molar-refractivity contribution in [2.75, 3.05) is 12.3 Å². The molecule has 0 aliphatic carbocycles. The first-order chi connectivity index (χ1) is 7.59. The van der Waals surface area contributed by atoms with Crippen molar-refractivity contribution in [1.29, 1.82) is 0 Å². The average molecular weight is 219 g/mol. The number of aryl methyl sites for hydroxylation is 1. The van der Waals surface area contributed by atoms with Crippen LogP contribution in [0.5, 0.6) is 0 Å². The molecule has 0 spiro atoms. The van der Waals surface area contributed by atoms with E-state index in [0.717, 1.165) is 5.69 Å². The van der Waals surface area contributed by atoms with E-state index in [0.29, 0.717) is 17.9 Å². The van der Waals surface area contributed by atoms with Crippen molar-refractivity contribution in [2.24, 2.45) is 0 Å². The molecule has 1 aliphatic heterocycles. The first-order valence-corrected chi connectivity index (χ1v) is 6.08. The molecule has 1 atom stereocenters. The molecule has 0 radical (unpaired) electrons. The van der Waals surface area contributed by atoms with Gasteiger partial charge in [0.15, 0.2) is 0 Å². The fourth-order valence-corrected chi connectivity index (χ4v) is 2.68. The predicted octanol–water partition coefficient (Wildman–Crippen LogP) is 2.52. The number of anilines is 1. The number of nitrogens with two attached hydrogens (primary N) is 1. The molecule has 0 bridgehead atoms. The highest BCUT2D eigenvalue weighted by atomic mass is 15.2. The Labute approximate surface area is 97.7 Å². The van der Waals surface area contributed by atoms with Crippen molar-refractivity contribution in [2.45, 2.75) is 45.7 Å². The summed E-state index contributed by atoms with van der Waals surface area (Å²) in [5.41, 5.74) is 8.12. The molecule has 1 aliphatic rings. The molecular weight excluding hydrogens is 198 g/mol. The molecule has 1 aromatic rings. The quantitative estimate of drug-likeness (QED) is 0.831. The monoisotopic (exact) mass is 219 g/mol. The first-order valence-electron chi connectivity index (χ1n) is 6.08. The third kappa shape index (κ3) is 2.05. The molecule has 2 N–H and O–H groups in total. The van der Waals surface area contributed by atoms with Crippen LogP contribution in [0.2, 0.25) is 0 Å². The molecule has 3 heteroatoms. The number of nitrogen functional groups attached to an aromatic ring is 1. The van der Waals surface area contributed by atoms with E-state index in [1.807, 2.05) is 6.07 Å². The van der Waals surface area contributed by atoms with Crippen molar-refractivity contribution >= 4 is 5.82 Å². The van der Waals surface area contributed by atoms with Crippen molar-refractivity contribution < 1.29 is 0 Å². The molecule has 0 saturated carbocycles.